The second-order valence-corrected chi connectivity index (χ2v) is 5.11. The topological polar surface area (TPSA) is 124 Å². The van der Waals surface area contributed by atoms with Crippen LogP contribution in [0.4, 0.5) is 11.5 Å². The Balaban J connectivity index is 2.30. The van der Waals surface area contributed by atoms with Gasteiger partial charge in [0, 0.05) is 16.6 Å². The summed E-state index contributed by atoms with van der Waals surface area (Å²) in [7, 11) is 0. The van der Waals surface area contributed by atoms with Crippen LogP contribution in [0.15, 0.2) is 39.1 Å². The van der Waals surface area contributed by atoms with Crippen LogP contribution in [-0.4, -0.2) is 22.5 Å². The number of aromatic amines is 1. The zero-order valence-electron chi connectivity index (χ0n) is 11.3. The summed E-state index contributed by atoms with van der Waals surface area (Å²) in [5, 5.41) is 0.333. The number of carbonyl (C=O) groups is 1. The van der Waals surface area contributed by atoms with Gasteiger partial charge in [0.05, 0.1) is 12.2 Å². The molecule has 0 aliphatic carbocycles. The molecule has 0 atom stereocenters. The largest absolute Gasteiger partial charge is 0.462 e. The van der Waals surface area contributed by atoms with Crippen molar-refractivity contribution in [1.82, 2.24) is 9.97 Å². The fourth-order valence-electron chi connectivity index (χ4n) is 1.60. The van der Waals surface area contributed by atoms with Crippen molar-refractivity contribution in [2.45, 2.75) is 17.0 Å². The Morgan fingerprint density at radius 2 is 2.14 bits per heavy atom. The fraction of sp³-hybridized carbons (Fsp3) is 0.154. The number of nitrogen functional groups attached to an aromatic ring is 2. The Morgan fingerprint density at radius 3 is 2.81 bits per heavy atom. The minimum atomic E-state index is -0.494. The summed E-state index contributed by atoms with van der Waals surface area (Å²) in [5.41, 5.74) is 11.5. The molecule has 0 saturated heterocycles. The number of esters is 1. The van der Waals surface area contributed by atoms with Crippen LogP contribution in [0.3, 0.4) is 0 Å². The molecule has 2 rings (SSSR count). The van der Waals surface area contributed by atoms with Gasteiger partial charge < -0.3 is 21.2 Å². The first-order valence-electron chi connectivity index (χ1n) is 6.11. The molecule has 8 heteroatoms. The van der Waals surface area contributed by atoms with E-state index < -0.39 is 5.97 Å². The van der Waals surface area contributed by atoms with E-state index in [0.717, 1.165) is 11.8 Å². The maximum atomic E-state index is 11.8. The maximum absolute atomic E-state index is 11.8. The van der Waals surface area contributed by atoms with Crippen molar-refractivity contribution in [1.29, 1.82) is 0 Å². The number of carbonyl (C=O) groups excluding carboxylic acids is 1. The van der Waals surface area contributed by atoms with Crippen molar-refractivity contribution in [2.24, 2.45) is 0 Å². The van der Waals surface area contributed by atoms with Gasteiger partial charge in [-0.15, -0.1) is 0 Å². The van der Waals surface area contributed by atoms with Crippen molar-refractivity contribution in [3.63, 3.8) is 0 Å². The van der Waals surface area contributed by atoms with Crippen LogP contribution in [0.2, 0.25) is 0 Å². The van der Waals surface area contributed by atoms with E-state index in [9.17, 15) is 9.59 Å². The van der Waals surface area contributed by atoms with E-state index in [4.69, 9.17) is 16.2 Å². The van der Waals surface area contributed by atoms with E-state index in [1.807, 2.05) is 0 Å². The number of H-pyrrole nitrogens is 1. The zero-order chi connectivity index (χ0) is 15.4. The molecule has 0 radical (unpaired) electrons. The molecular formula is C13H14N4O3S. The molecule has 0 aliphatic rings. The summed E-state index contributed by atoms with van der Waals surface area (Å²) in [5.74, 6) is -0.367. The lowest BCUT2D eigenvalue weighted by molar-refractivity contribution is 0.0527. The molecule has 1 aromatic heterocycles. The van der Waals surface area contributed by atoms with E-state index >= 15 is 0 Å². The second-order valence-electron chi connectivity index (χ2n) is 4.05. The van der Waals surface area contributed by atoms with Crippen LogP contribution in [0, 0.1) is 0 Å². The number of hydrogen-bond donors (Lipinski definition) is 3. The molecule has 0 saturated carbocycles. The molecule has 0 spiro atoms. The number of nitrogens with zero attached hydrogens (tertiary/aromatic N) is 1. The first-order valence-corrected chi connectivity index (χ1v) is 6.92. The number of ether oxygens (including phenoxy) is 1. The summed E-state index contributed by atoms with van der Waals surface area (Å²) < 4.78 is 4.93. The predicted octanol–water partition coefficient (Wildman–Crippen LogP) is 1.26. The van der Waals surface area contributed by atoms with Crippen molar-refractivity contribution in [3.05, 3.63) is 40.2 Å². The molecular weight excluding hydrogens is 292 g/mol. The van der Waals surface area contributed by atoms with Crippen LogP contribution >= 0.6 is 11.8 Å². The van der Waals surface area contributed by atoms with E-state index in [1.165, 1.54) is 6.07 Å². The standard InChI is InChI=1S/C13H14N4O3S/c1-2-20-12(19)8-5-7(3-4-9(8)14)21-13-16-10(15)6-11(18)17-13/h3-6H,2,14H2,1H3,(H3,15,16,17,18). The third-order valence-corrected chi connectivity index (χ3v) is 3.35. The van der Waals surface area contributed by atoms with Gasteiger partial charge >= 0.3 is 5.97 Å². The van der Waals surface area contributed by atoms with Gasteiger partial charge in [-0.05, 0) is 25.1 Å². The molecule has 5 N–H and O–H groups in total. The highest BCUT2D eigenvalue weighted by atomic mass is 32.2. The Kier molecular flexibility index (Phi) is 4.49. The highest BCUT2D eigenvalue weighted by Gasteiger charge is 2.12. The first-order chi connectivity index (χ1) is 9.99. The number of benzene rings is 1. The van der Waals surface area contributed by atoms with Gasteiger partial charge in [-0.2, -0.15) is 0 Å². The van der Waals surface area contributed by atoms with Crippen LogP contribution < -0.4 is 17.0 Å². The summed E-state index contributed by atoms with van der Waals surface area (Å²) >= 11 is 1.16. The molecule has 0 amide bonds. The van der Waals surface area contributed by atoms with Gasteiger partial charge in [-0.3, -0.25) is 4.79 Å². The Hall–Kier alpha value is -2.48. The van der Waals surface area contributed by atoms with Gasteiger partial charge in [0.1, 0.15) is 5.82 Å². The number of hydrogen-bond acceptors (Lipinski definition) is 7. The number of aromatic nitrogens is 2. The van der Waals surface area contributed by atoms with Crippen LogP contribution in [0.5, 0.6) is 0 Å². The average Bonchev–Trinajstić information content (AvgIpc) is 2.40. The van der Waals surface area contributed by atoms with Gasteiger partial charge in [0.2, 0.25) is 0 Å². The number of rotatable bonds is 4. The van der Waals surface area contributed by atoms with Crippen molar-refractivity contribution >= 4 is 29.2 Å². The minimum Gasteiger partial charge on any atom is -0.462 e. The van der Waals surface area contributed by atoms with Crippen molar-refractivity contribution < 1.29 is 9.53 Å². The molecule has 0 bridgehead atoms. The van der Waals surface area contributed by atoms with Crippen LogP contribution in [0.25, 0.3) is 0 Å². The highest BCUT2D eigenvalue weighted by Crippen LogP contribution is 2.27. The lowest BCUT2D eigenvalue weighted by Gasteiger charge is -2.07. The summed E-state index contributed by atoms with van der Waals surface area (Å²) in [6.07, 6.45) is 0. The number of anilines is 2. The Morgan fingerprint density at radius 1 is 1.38 bits per heavy atom. The van der Waals surface area contributed by atoms with Gasteiger partial charge in [0.15, 0.2) is 5.16 Å². The monoisotopic (exact) mass is 306 g/mol. The summed E-state index contributed by atoms with van der Waals surface area (Å²) in [6, 6.07) is 6.09. The lowest BCUT2D eigenvalue weighted by atomic mass is 10.2. The van der Waals surface area contributed by atoms with E-state index in [0.29, 0.717) is 15.7 Å². The molecule has 110 valence electrons. The van der Waals surface area contributed by atoms with Crippen molar-refractivity contribution in [2.75, 3.05) is 18.1 Å². The zero-order valence-corrected chi connectivity index (χ0v) is 12.1. The molecule has 21 heavy (non-hydrogen) atoms. The average molecular weight is 306 g/mol. The fourth-order valence-corrected chi connectivity index (χ4v) is 2.44. The first kappa shape index (κ1) is 14.9. The summed E-state index contributed by atoms with van der Waals surface area (Å²) in [4.78, 5) is 30.3. The van der Waals surface area contributed by atoms with E-state index in [1.54, 1.807) is 25.1 Å². The molecule has 7 nitrogen and oxygen atoms in total. The molecule has 0 fully saturated rings. The quantitative estimate of drug-likeness (QED) is 0.441. The third kappa shape index (κ3) is 3.76. The van der Waals surface area contributed by atoms with Crippen LogP contribution in [-0.2, 0) is 4.74 Å². The number of nitrogens with one attached hydrogen (secondary N) is 1. The molecule has 0 aliphatic heterocycles. The second kappa shape index (κ2) is 6.31. The molecule has 0 unspecified atom stereocenters. The smallest absolute Gasteiger partial charge is 0.340 e. The highest BCUT2D eigenvalue weighted by molar-refractivity contribution is 7.99. The predicted molar refractivity (Wildman–Crippen MR) is 80.2 cm³/mol. The van der Waals surface area contributed by atoms with Gasteiger partial charge in [0.25, 0.3) is 5.56 Å². The lowest BCUT2D eigenvalue weighted by Crippen LogP contribution is -2.10. The molecule has 1 heterocycles. The third-order valence-electron chi connectivity index (χ3n) is 2.47. The minimum absolute atomic E-state index is 0.127. The van der Waals surface area contributed by atoms with E-state index in [2.05, 4.69) is 9.97 Å². The van der Waals surface area contributed by atoms with Crippen LogP contribution in [0.1, 0.15) is 17.3 Å². The molecule has 1 aromatic carbocycles. The summed E-state index contributed by atoms with van der Waals surface area (Å²) in [6.45, 7) is 1.98. The maximum Gasteiger partial charge on any atom is 0.340 e. The number of nitrogens with two attached hydrogens (primary N) is 2. The Bertz CT molecular complexity index is 730. The van der Waals surface area contributed by atoms with Gasteiger partial charge in [-0.25, -0.2) is 9.78 Å². The van der Waals surface area contributed by atoms with Gasteiger partial charge in [-0.1, -0.05) is 11.8 Å². The van der Waals surface area contributed by atoms with E-state index in [-0.39, 0.29) is 23.5 Å². The molecule has 2 aromatic rings. The SMILES string of the molecule is CCOC(=O)c1cc(Sc2nc(N)cc(=O)[nH]2)ccc1N. The van der Waals surface area contributed by atoms with Crippen molar-refractivity contribution in [3.8, 4) is 0 Å². The normalized spacial score (nSPS) is 10.3. The Labute approximate surface area is 124 Å².